The lowest BCUT2D eigenvalue weighted by Gasteiger charge is -2.40. The van der Waals surface area contributed by atoms with Gasteiger partial charge in [0.25, 0.3) is 0 Å². The molecule has 1 atom stereocenters. The standard InChI is InChI=1S/C10H17N3/c1-3-10-4-5-13(10)7-9-6-11-8(2)12-9/h6,10H,3-5,7H2,1-2H3,(H,11,12). The van der Waals surface area contributed by atoms with E-state index in [1.807, 2.05) is 13.1 Å². The van der Waals surface area contributed by atoms with Crippen LogP contribution in [0.15, 0.2) is 6.20 Å². The number of hydrogen-bond donors (Lipinski definition) is 1. The first-order chi connectivity index (χ1) is 6.29. The van der Waals surface area contributed by atoms with Crippen LogP contribution in [0, 0.1) is 6.92 Å². The molecule has 1 aromatic rings. The molecule has 2 heterocycles. The minimum Gasteiger partial charge on any atom is -0.345 e. The first kappa shape index (κ1) is 8.75. The molecule has 0 saturated carbocycles. The molecule has 13 heavy (non-hydrogen) atoms. The number of nitrogens with zero attached hydrogens (tertiary/aromatic N) is 2. The monoisotopic (exact) mass is 179 g/mol. The lowest BCUT2D eigenvalue weighted by molar-refractivity contribution is 0.0778. The second kappa shape index (κ2) is 3.50. The molecule has 0 amide bonds. The summed E-state index contributed by atoms with van der Waals surface area (Å²) in [6.45, 7) is 6.54. The highest BCUT2D eigenvalue weighted by molar-refractivity contribution is 5.01. The summed E-state index contributed by atoms with van der Waals surface area (Å²) >= 11 is 0. The maximum atomic E-state index is 4.20. The molecule has 72 valence electrons. The van der Waals surface area contributed by atoms with Crippen molar-refractivity contribution in [2.24, 2.45) is 0 Å². The van der Waals surface area contributed by atoms with Crippen molar-refractivity contribution in [2.75, 3.05) is 6.54 Å². The molecule has 1 fully saturated rings. The average Bonchev–Trinajstić information content (AvgIpc) is 2.46. The largest absolute Gasteiger partial charge is 0.345 e. The van der Waals surface area contributed by atoms with E-state index in [2.05, 4.69) is 21.8 Å². The van der Waals surface area contributed by atoms with E-state index in [0.29, 0.717) is 0 Å². The molecule has 1 unspecified atom stereocenters. The number of nitrogens with one attached hydrogen (secondary N) is 1. The summed E-state index contributed by atoms with van der Waals surface area (Å²) in [4.78, 5) is 9.97. The Morgan fingerprint density at radius 2 is 2.54 bits per heavy atom. The van der Waals surface area contributed by atoms with E-state index in [-0.39, 0.29) is 0 Å². The highest BCUT2D eigenvalue weighted by atomic mass is 15.2. The topological polar surface area (TPSA) is 31.9 Å². The number of rotatable bonds is 3. The third kappa shape index (κ3) is 1.75. The molecule has 2 rings (SSSR count). The highest BCUT2D eigenvalue weighted by Crippen LogP contribution is 2.21. The van der Waals surface area contributed by atoms with Gasteiger partial charge in [0.15, 0.2) is 0 Å². The van der Waals surface area contributed by atoms with Crippen molar-refractivity contribution in [3.63, 3.8) is 0 Å². The molecule has 3 heteroatoms. The van der Waals surface area contributed by atoms with Crippen molar-refractivity contribution >= 4 is 0 Å². The molecule has 0 spiro atoms. The number of aryl methyl sites for hydroxylation is 1. The van der Waals surface area contributed by atoms with Crippen LogP contribution in [-0.2, 0) is 6.54 Å². The summed E-state index contributed by atoms with van der Waals surface area (Å²) in [5, 5.41) is 0. The fourth-order valence-electron chi connectivity index (χ4n) is 1.94. The van der Waals surface area contributed by atoms with Crippen LogP contribution >= 0.6 is 0 Å². The number of H-pyrrole nitrogens is 1. The van der Waals surface area contributed by atoms with Crippen LogP contribution in [0.3, 0.4) is 0 Å². The van der Waals surface area contributed by atoms with Crippen LogP contribution in [0.25, 0.3) is 0 Å². The lowest BCUT2D eigenvalue weighted by atomic mass is 10.0. The zero-order valence-corrected chi connectivity index (χ0v) is 8.38. The van der Waals surface area contributed by atoms with Gasteiger partial charge in [-0.05, 0) is 19.8 Å². The molecule has 1 saturated heterocycles. The number of imidazole rings is 1. The van der Waals surface area contributed by atoms with Crippen molar-refractivity contribution in [1.82, 2.24) is 14.9 Å². The highest BCUT2D eigenvalue weighted by Gasteiger charge is 2.25. The second-order valence-corrected chi connectivity index (χ2v) is 3.82. The Kier molecular flexibility index (Phi) is 2.36. The van der Waals surface area contributed by atoms with Gasteiger partial charge in [0.1, 0.15) is 5.82 Å². The molecule has 0 aromatic carbocycles. The van der Waals surface area contributed by atoms with E-state index in [0.717, 1.165) is 18.4 Å². The fourth-order valence-corrected chi connectivity index (χ4v) is 1.94. The van der Waals surface area contributed by atoms with Gasteiger partial charge in [-0.1, -0.05) is 6.92 Å². The molecular formula is C10H17N3. The van der Waals surface area contributed by atoms with E-state index >= 15 is 0 Å². The quantitative estimate of drug-likeness (QED) is 0.766. The predicted molar refractivity (Wildman–Crippen MR) is 52.4 cm³/mol. The summed E-state index contributed by atoms with van der Waals surface area (Å²) in [6, 6.07) is 0.809. The minimum absolute atomic E-state index is 0.809. The fraction of sp³-hybridized carbons (Fsp3) is 0.700. The molecular weight excluding hydrogens is 162 g/mol. The second-order valence-electron chi connectivity index (χ2n) is 3.82. The van der Waals surface area contributed by atoms with Gasteiger partial charge >= 0.3 is 0 Å². The van der Waals surface area contributed by atoms with Gasteiger partial charge in [-0.25, -0.2) is 4.98 Å². The molecule has 0 radical (unpaired) electrons. The predicted octanol–water partition coefficient (Wildman–Crippen LogP) is 1.70. The van der Waals surface area contributed by atoms with Crippen LogP contribution in [0.5, 0.6) is 0 Å². The number of hydrogen-bond acceptors (Lipinski definition) is 2. The first-order valence-corrected chi connectivity index (χ1v) is 5.04. The Morgan fingerprint density at radius 1 is 1.69 bits per heavy atom. The van der Waals surface area contributed by atoms with Gasteiger partial charge in [0, 0.05) is 31.0 Å². The zero-order chi connectivity index (χ0) is 9.26. The van der Waals surface area contributed by atoms with E-state index in [4.69, 9.17) is 0 Å². The van der Waals surface area contributed by atoms with Gasteiger partial charge in [0.2, 0.25) is 0 Å². The zero-order valence-electron chi connectivity index (χ0n) is 8.38. The van der Waals surface area contributed by atoms with E-state index in [1.54, 1.807) is 0 Å². The molecule has 0 aliphatic carbocycles. The average molecular weight is 179 g/mol. The van der Waals surface area contributed by atoms with Gasteiger partial charge in [-0.2, -0.15) is 0 Å². The Hall–Kier alpha value is -0.830. The minimum atomic E-state index is 0.809. The Bertz CT molecular complexity index is 277. The summed E-state index contributed by atoms with van der Waals surface area (Å²) < 4.78 is 0. The Morgan fingerprint density at radius 3 is 3.00 bits per heavy atom. The Balaban J connectivity index is 1.91. The van der Waals surface area contributed by atoms with Gasteiger partial charge in [-0.3, -0.25) is 4.90 Å². The summed E-state index contributed by atoms with van der Waals surface area (Å²) in [5.41, 5.74) is 1.25. The number of likely N-dealkylation sites (tertiary alicyclic amines) is 1. The molecule has 1 N–H and O–H groups in total. The van der Waals surface area contributed by atoms with Crippen LogP contribution in [-0.4, -0.2) is 27.5 Å². The van der Waals surface area contributed by atoms with Crippen LogP contribution in [0.4, 0.5) is 0 Å². The molecule has 3 nitrogen and oxygen atoms in total. The van der Waals surface area contributed by atoms with Crippen molar-refractivity contribution in [2.45, 2.75) is 39.3 Å². The number of aromatic amines is 1. The summed E-state index contributed by atoms with van der Waals surface area (Å²) in [5.74, 6) is 1.02. The first-order valence-electron chi connectivity index (χ1n) is 5.04. The summed E-state index contributed by atoms with van der Waals surface area (Å²) in [6.07, 6.45) is 4.58. The third-order valence-electron chi connectivity index (χ3n) is 2.87. The Labute approximate surface area is 79.2 Å². The van der Waals surface area contributed by atoms with Crippen LogP contribution in [0.1, 0.15) is 31.3 Å². The molecule has 1 aromatic heterocycles. The molecule has 1 aliphatic heterocycles. The maximum Gasteiger partial charge on any atom is 0.103 e. The van der Waals surface area contributed by atoms with Crippen molar-refractivity contribution < 1.29 is 0 Å². The maximum absolute atomic E-state index is 4.20. The van der Waals surface area contributed by atoms with Crippen molar-refractivity contribution in [3.05, 3.63) is 17.7 Å². The molecule has 1 aliphatic rings. The van der Waals surface area contributed by atoms with Crippen LogP contribution in [0.2, 0.25) is 0 Å². The van der Waals surface area contributed by atoms with Gasteiger partial charge < -0.3 is 4.98 Å². The van der Waals surface area contributed by atoms with Gasteiger partial charge in [0.05, 0.1) is 0 Å². The normalized spacial score (nSPS) is 23.1. The smallest absolute Gasteiger partial charge is 0.103 e. The molecule has 0 bridgehead atoms. The number of aromatic nitrogens is 2. The third-order valence-corrected chi connectivity index (χ3v) is 2.87. The SMILES string of the molecule is CCC1CCN1Cc1cnc(C)[nH]1. The van der Waals surface area contributed by atoms with E-state index < -0.39 is 0 Å². The van der Waals surface area contributed by atoms with Crippen LogP contribution < -0.4 is 0 Å². The summed E-state index contributed by atoms with van der Waals surface area (Å²) in [7, 11) is 0. The lowest BCUT2D eigenvalue weighted by Crippen LogP contribution is -2.46. The van der Waals surface area contributed by atoms with E-state index in [9.17, 15) is 0 Å². The van der Waals surface area contributed by atoms with E-state index in [1.165, 1.54) is 25.1 Å². The van der Waals surface area contributed by atoms with Gasteiger partial charge in [-0.15, -0.1) is 0 Å². The van der Waals surface area contributed by atoms with Crippen molar-refractivity contribution in [1.29, 1.82) is 0 Å². The van der Waals surface area contributed by atoms with Crippen molar-refractivity contribution in [3.8, 4) is 0 Å².